The van der Waals surface area contributed by atoms with E-state index in [9.17, 15) is 13.2 Å². The van der Waals surface area contributed by atoms with Crippen LogP contribution < -0.4 is 9.46 Å². The van der Waals surface area contributed by atoms with E-state index in [4.69, 9.17) is 9.47 Å². The number of piperidine rings is 1. The maximum Gasteiger partial charge on any atom is 0.240 e. The summed E-state index contributed by atoms with van der Waals surface area (Å²) >= 11 is 0. The van der Waals surface area contributed by atoms with Crippen LogP contribution in [-0.2, 0) is 19.6 Å². The minimum absolute atomic E-state index is 0.0494. The molecule has 0 aromatic heterocycles. The highest BCUT2D eigenvalue weighted by Gasteiger charge is 2.26. The average Bonchev–Trinajstić information content (AvgIpc) is 2.60. The molecule has 7 nitrogen and oxygen atoms in total. The Balaban J connectivity index is 1.89. The molecule has 0 unspecified atom stereocenters. The van der Waals surface area contributed by atoms with E-state index in [1.54, 1.807) is 24.1 Å². The number of carbonyl (C=O) groups is 1. The lowest BCUT2D eigenvalue weighted by atomic mass is 10.1. The van der Waals surface area contributed by atoms with Crippen molar-refractivity contribution < 1.29 is 22.7 Å². The van der Waals surface area contributed by atoms with E-state index in [2.05, 4.69) is 4.72 Å². The van der Waals surface area contributed by atoms with Gasteiger partial charge in [0.2, 0.25) is 15.9 Å². The molecule has 1 saturated heterocycles. The van der Waals surface area contributed by atoms with Gasteiger partial charge in [-0.15, -0.1) is 0 Å². The lowest BCUT2D eigenvalue weighted by Crippen LogP contribution is -2.46. The van der Waals surface area contributed by atoms with Gasteiger partial charge in [-0.05, 0) is 37.1 Å². The molecule has 0 radical (unpaired) electrons. The van der Waals surface area contributed by atoms with Gasteiger partial charge in [-0.25, -0.2) is 13.1 Å². The molecular weight excluding hydrogens is 332 g/mol. The molecule has 24 heavy (non-hydrogen) atoms. The highest BCUT2D eigenvalue weighted by atomic mass is 32.2. The number of ether oxygens (including phenoxy) is 2. The van der Waals surface area contributed by atoms with Crippen LogP contribution in [0, 0.1) is 0 Å². The number of hydrogen-bond acceptors (Lipinski definition) is 5. The van der Waals surface area contributed by atoms with Crippen molar-refractivity contribution in [3.63, 3.8) is 0 Å². The van der Waals surface area contributed by atoms with E-state index in [-0.39, 0.29) is 16.8 Å². The van der Waals surface area contributed by atoms with E-state index in [0.29, 0.717) is 44.7 Å². The van der Waals surface area contributed by atoms with E-state index in [1.807, 2.05) is 0 Å². The van der Waals surface area contributed by atoms with Crippen molar-refractivity contribution >= 4 is 15.9 Å². The van der Waals surface area contributed by atoms with Gasteiger partial charge in [0, 0.05) is 26.2 Å². The van der Waals surface area contributed by atoms with E-state index in [1.165, 1.54) is 19.2 Å². The fourth-order valence-corrected chi connectivity index (χ4v) is 3.94. The first-order chi connectivity index (χ1) is 11.5. The topological polar surface area (TPSA) is 84.9 Å². The molecule has 1 N–H and O–H groups in total. The van der Waals surface area contributed by atoms with Gasteiger partial charge in [0.15, 0.2) is 0 Å². The van der Waals surface area contributed by atoms with Gasteiger partial charge in [-0.2, -0.15) is 0 Å². The molecule has 1 heterocycles. The number of amides is 1. The van der Waals surface area contributed by atoms with Crippen LogP contribution in [0.3, 0.4) is 0 Å². The molecule has 0 saturated carbocycles. The van der Waals surface area contributed by atoms with Crippen molar-refractivity contribution in [2.24, 2.45) is 0 Å². The third-order valence-electron chi connectivity index (χ3n) is 4.06. The maximum atomic E-state index is 12.4. The summed E-state index contributed by atoms with van der Waals surface area (Å²) in [6.07, 6.45) is 1.57. The van der Waals surface area contributed by atoms with Gasteiger partial charge in [-0.3, -0.25) is 4.79 Å². The van der Waals surface area contributed by atoms with Gasteiger partial charge < -0.3 is 14.4 Å². The number of likely N-dealkylation sites (tertiary alicyclic amines) is 1. The lowest BCUT2D eigenvalue weighted by molar-refractivity contribution is -0.133. The Kier molecular flexibility index (Phi) is 6.59. The third kappa shape index (κ3) is 4.93. The molecule has 1 aliphatic rings. The number of hydrogen-bond donors (Lipinski definition) is 1. The predicted molar refractivity (Wildman–Crippen MR) is 89.4 cm³/mol. The Hall–Kier alpha value is -1.64. The van der Waals surface area contributed by atoms with Crippen molar-refractivity contribution in [3.05, 3.63) is 24.3 Å². The highest BCUT2D eigenvalue weighted by molar-refractivity contribution is 7.89. The normalized spacial score (nSPS) is 16.2. The number of carbonyl (C=O) groups excluding carboxylic acids is 1. The van der Waals surface area contributed by atoms with Crippen LogP contribution in [0.25, 0.3) is 0 Å². The highest BCUT2D eigenvalue weighted by Crippen LogP contribution is 2.18. The smallest absolute Gasteiger partial charge is 0.240 e. The summed E-state index contributed by atoms with van der Waals surface area (Å²) in [5, 5.41) is 0. The summed E-state index contributed by atoms with van der Waals surface area (Å²) in [7, 11) is -0.472. The Morgan fingerprint density at radius 2 is 1.83 bits per heavy atom. The predicted octanol–water partition coefficient (Wildman–Crippen LogP) is 1.00. The molecule has 2 rings (SSSR count). The van der Waals surface area contributed by atoms with Crippen molar-refractivity contribution in [3.8, 4) is 5.75 Å². The molecule has 1 aromatic rings. The fourth-order valence-electron chi connectivity index (χ4n) is 2.64. The molecule has 134 valence electrons. The van der Waals surface area contributed by atoms with Gasteiger partial charge in [0.05, 0.1) is 25.0 Å². The van der Waals surface area contributed by atoms with Gasteiger partial charge in [0.1, 0.15) is 5.75 Å². The largest absolute Gasteiger partial charge is 0.497 e. The zero-order valence-electron chi connectivity index (χ0n) is 14.0. The molecule has 1 amide bonds. The van der Waals surface area contributed by atoms with Crippen LogP contribution in [0.4, 0.5) is 0 Å². The van der Waals surface area contributed by atoms with E-state index in [0.717, 1.165) is 0 Å². The zero-order valence-corrected chi connectivity index (χ0v) is 14.8. The van der Waals surface area contributed by atoms with Crippen LogP contribution in [0.2, 0.25) is 0 Å². The van der Waals surface area contributed by atoms with Crippen LogP contribution in [0.15, 0.2) is 29.2 Å². The minimum Gasteiger partial charge on any atom is -0.497 e. The molecule has 1 aromatic carbocycles. The fraction of sp³-hybridized carbons (Fsp3) is 0.562. The van der Waals surface area contributed by atoms with Gasteiger partial charge >= 0.3 is 0 Å². The average molecular weight is 356 g/mol. The quantitative estimate of drug-likeness (QED) is 0.788. The Morgan fingerprint density at radius 3 is 2.38 bits per heavy atom. The molecule has 8 heteroatoms. The summed E-state index contributed by atoms with van der Waals surface area (Å²) < 4.78 is 37.5. The maximum absolute atomic E-state index is 12.4. The first-order valence-corrected chi connectivity index (χ1v) is 9.37. The number of methoxy groups -OCH3 is 2. The molecule has 0 bridgehead atoms. The second-order valence-electron chi connectivity index (χ2n) is 5.69. The lowest BCUT2D eigenvalue weighted by Gasteiger charge is -2.32. The SMILES string of the molecule is COCCC(=O)N1CCC(NS(=O)(=O)c2ccc(OC)cc2)CC1. The summed E-state index contributed by atoms with van der Waals surface area (Å²) in [4.78, 5) is 13.9. The standard InChI is InChI=1S/C16H24N2O5S/c1-22-12-9-16(19)18-10-7-13(8-11-18)17-24(20,21)15-5-3-14(23-2)4-6-15/h3-6,13,17H,7-12H2,1-2H3. The Labute approximate surface area is 143 Å². The number of benzene rings is 1. The first-order valence-electron chi connectivity index (χ1n) is 7.89. The minimum atomic E-state index is -3.57. The Bertz CT molecular complexity index is 637. The Morgan fingerprint density at radius 1 is 1.21 bits per heavy atom. The molecular formula is C16H24N2O5S. The molecule has 0 spiro atoms. The molecule has 0 aliphatic carbocycles. The van der Waals surface area contributed by atoms with Crippen molar-refractivity contribution in [1.82, 2.24) is 9.62 Å². The number of nitrogens with zero attached hydrogens (tertiary/aromatic N) is 1. The second kappa shape index (κ2) is 8.46. The van der Waals surface area contributed by atoms with Gasteiger partial charge in [-0.1, -0.05) is 0 Å². The second-order valence-corrected chi connectivity index (χ2v) is 7.41. The van der Waals surface area contributed by atoms with E-state index >= 15 is 0 Å². The summed E-state index contributed by atoms with van der Waals surface area (Å²) in [5.74, 6) is 0.658. The first kappa shape index (κ1) is 18.7. The van der Waals surface area contributed by atoms with Crippen LogP contribution in [0.1, 0.15) is 19.3 Å². The summed E-state index contributed by atoms with van der Waals surface area (Å²) in [5.41, 5.74) is 0. The van der Waals surface area contributed by atoms with Crippen LogP contribution >= 0.6 is 0 Å². The van der Waals surface area contributed by atoms with Crippen LogP contribution in [0.5, 0.6) is 5.75 Å². The van der Waals surface area contributed by atoms with Crippen molar-refractivity contribution in [2.45, 2.75) is 30.2 Å². The molecule has 1 aliphatic heterocycles. The van der Waals surface area contributed by atoms with Gasteiger partial charge in [0.25, 0.3) is 0 Å². The number of nitrogens with one attached hydrogen (secondary N) is 1. The molecule has 1 fully saturated rings. The summed E-state index contributed by atoms with van der Waals surface area (Å²) in [6.45, 7) is 1.51. The third-order valence-corrected chi connectivity index (χ3v) is 5.60. The van der Waals surface area contributed by atoms with Crippen LogP contribution in [-0.4, -0.2) is 59.2 Å². The summed E-state index contributed by atoms with van der Waals surface area (Å²) in [6, 6.07) is 6.11. The monoisotopic (exact) mass is 356 g/mol. The van der Waals surface area contributed by atoms with Crippen molar-refractivity contribution in [1.29, 1.82) is 0 Å². The van der Waals surface area contributed by atoms with Crippen molar-refractivity contribution in [2.75, 3.05) is 33.9 Å². The zero-order chi connectivity index (χ0) is 17.6. The molecule has 0 atom stereocenters. The number of rotatable bonds is 7. The van der Waals surface area contributed by atoms with E-state index < -0.39 is 10.0 Å². The number of sulfonamides is 1.